The Hall–Kier alpha value is -0.350. The van der Waals surface area contributed by atoms with Gasteiger partial charge in [0, 0.05) is 23.3 Å². The first-order chi connectivity index (χ1) is 7.83. The molecule has 1 saturated carbocycles. The van der Waals surface area contributed by atoms with Crippen molar-refractivity contribution >= 4 is 33.2 Å². The fourth-order valence-corrected chi connectivity index (χ4v) is 3.32. The molecule has 1 heterocycles. The summed E-state index contributed by atoms with van der Waals surface area (Å²) in [5.41, 5.74) is 0.845. The molecule has 4 heteroatoms. The van der Waals surface area contributed by atoms with E-state index in [1.54, 1.807) is 11.3 Å². The second kappa shape index (κ2) is 5.82. The number of hydrogen-bond acceptors (Lipinski definition) is 2. The summed E-state index contributed by atoms with van der Waals surface area (Å²) < 4.78 is 0. The van der Waals surface area contributed by atoms with Crippen molar-refractivity contribution in [2.24, 2.45) is 0 Å². The average molecular weight is 302 g/mol. The number of carbonyl (C=O) groups is 1. The number of halogens is 1. The highest BCUT2D eigenvalue weighted by Gasteiger charge is 2.26. The minimum atomic E-state index is 0.201. The second-order valence-electron chi connectivity index (χ2n) is 4.14. The number of thiophene rings is 1. The lowest BCUT2D eigenvalue weighted by Gasteiger charge is -2.28. The molecule has 0 N–H and O–H groups in total. The Morgan fingerprint density at radius 2 is 2.25 bits per heavy atom. The van der Waals surface area contributed by atoms with Crippen molar-refractivity contribution in [3.8, 4) is 0 Å². The molecule has 1 fully saturated rings. The molecule has 0 spiro atoms. The van der Waals surface area contributed by atoms with Crippen LogP contribution in [0.25, 0.3) is 0 Å². The molecule has 1 aromatic heterocycles. The average Bonchev–Trinajstić information content (AvgIpc) is 2.96. The standard InChI is InChI=1S/C12H16BrNOS/c13-6-7-14(11-3-1-2-4-11)12(15)10-5-8-16-9-10/h5,8-9,11H,1-4,6-7H2. The van der Waals surface area contributed by atoms with Gasteiger partial charge in [-0.2, -0.15) is 11.3 Å². The summed E-state index contributed by atoms with van der Waals surface area (Å²) in [6.45, 7) is 0.819. The summed E-state index contributed by atoms with van der Waals surface area (Å²) in [6, 6.07) is 2.38. The molecule has 0 aliphatic heterocycles. The van der Waals surface area contributed by atoms with Crippen molar-refractivity contribution in [3.05, 3.63) is 22.4 Å². The molecule has 0 unspecified atom stereocenters. The summed E-state index contributed by atoms with van der Waals surface area (Å²) in [6.07, 6.45) is 4.87. The SMILES string of the molecule is O=C(c1ccsc1)N(CCBr)C1CCCC1. The Kier molecular flexibility index (Phi) is 4.41. The van der Waals surface area contributed by atoms with E-state index >= 15 is 0 Å². The van der Waals surface area contributed by atoms with Gasteiger partial charge in [-0.3, -0.25) is 4.79 Å². The number of rotatable bonds is 4. The van der Waals surface area contributed by atoms with E-state index in [9.17, 15) is 4.79 Å². The summed E-state index contributed by atoms with van der Waals surface area (Å²) >= 11 is 5.02. The van der Waals surface area contributed by atoms with Crippen LogP contribution in [-0.4, -0.2) is 28.7 Å². The van der Waals surface area contributed by atoms with E-state index in [-0.39, 0.29) is 5.91 Å². The predicted molar refractivity (Wildman–Crippen MR) is 71.4 cm³/mol. The summed E-state index contributed by atoms with van der Waals surface area (Å²) in [5, 5.41) is 4.77. The van der Waals surface area contributed by atoms with Gasteiger partial charge in [0.1, 0.15) is 0 Å². The Balaban J connectivity index is 2.09. The van der Waals surface area contributed by atoms with E-state index in [1.165, 1.54) is 25.7 Å². The molecule has 0 atom stereocenters. The van der Waals surface area contributed by atoms with E-state index in [4.69, 9.17) is 0 Å². The van der Waals surface area contributed by atoms with Crippen LogP contribution in [0.3, 0.4) is 0 Å². The van der Waals surface area contributed by atoms with Crippen molar-refractivity contribution in [2.75, 3.05) is 11.9 Å². The highest BCUT2D eigenvalue weighted by Crippen LogP contribution is 2.25. The van der Waals surface area contributed by atoms with Gasteiger partial charge >= 0.3 is 0 Å². The van der Waals surface area contributed by atoms with E-state index in [0.717, 1.165) is 17.4 Å². The molecule has 0 bridgehead atoms. The molecule has 0 radical (unpaired) electrons. The van der Waals surface area contributed by atoms with Gasteiger partial charge in [0.05, 0.1) is 5.56 Å². The Morgan fingerprint density at radius 1 is 1.50 bits per heavy atom. The van der Waals surface area contributed by atoms with Gasteiger partial charge in [-0.25, -0.2) is 0 Å². The van der Waals surface area contributed by atoms with Gasteiger partial charge in [0.2, 0.25) is 0 Å². The van der Waals surface area contributed by atoms with Crippen LogP contribution in [-0.2, 0) is 0 Å². The fraction of sp³-hybridized carbons (Fsp3) is 0.583. The maximum Gasteiger partial charge on any atom is 0.254 e. The quantitative estimate of drug-likeness (QED) is 0.779. The highest BCUT2D eigenvalue weighted by atomic mass is 79.9. The van der Waals surface area contributed by atoms with Crippen molar-refractivity contribution < 1.29 is 4.79 Å². The second-order valence-corrected chi connectivity index (χ2v) is 5.71. The lowest BCUT2D eigenvalue weighted by Crippen LogP contribution is -2.39. The van der Waals surface area contributed by atoms with Gasteiger partial charge in [-0.05, 0) is 24.3 Å². The molecule has 1 aliphatic carbocycles. The molecule has 88 valence electrons. The van der Waals surface area contributed by atoms with E-state index in [2.05, 4.69) is 15.9 Å². The topological polar surface area (TPSA) is 20.3 Å². The molecule has 1 aliphatic rings. The van der Waals surface area contributed by atoms with Gasteiger partial charge < -0.3 is 4.90 Å². The van der Waals surface area contributed by atoms with E-state index in [1.807, 2.05) is 21.7 Å². The molecule has 1 amide bonds. The number of nitrogens with zero attached hydrogens (tertiary/aromatic N) is 1. The summed E-state index contributed by atoms with van der Waals surface area (Å²) in [7, 11) is 0. The maximum absolute atomic E-state index is 12.3. The smallest absolute Gasteiger partial charge is 0.254 e. The highest BCUT2D eigenvalue weighted by molar-refractivity contribution is 9.09. The first-order valence-corrected chi connectivity index (χ1v) is 7.78. The summed E-state index contributed by atoms with van der Waals surface area (Å²) in [4.78, 5) is 14.3. The van der Waals surface area contributed by atoms with E-state index < -0.39 is 0 Å². The molecule has 1 aromatic rings. The number of amides is 1. The largest absolute Gasteiger partial charge is 0.335 e. The number of hydrogen-bond donors (Lipinski definition) is 0. The van der Waals surface area contributed by atoms with Gasteiger partial charge in [0.25, 0.3) is 5.91 Å². The molecular weight excluding hydrogens is 286 g/mol. The number of carbonyl (C=O) groups excluding carboxylic acids is 1. The zero-order valence-corrected chi connectivity index (χ0v) is 11.6. The Labute approximate surface area is 109 Å². The summed E-state index contributed by atoms with van der Waals surface area (Å²) in [5.74, 6) is 0.201. The van der Waals surface area contributed by atoms with Crippen molar-refractivity contribution in [1.82, 2.24) is 4.90 Å². The molecule has 0 saturated heterocycles. The minimum absolute atomic E-state index is 0.201. The third-order valence-corrected chi connectivity index (χ3v) is 4.16. The third-order valence-electron chi connectivity index (χ3n) is 3.12. The van der Waals surface area contributed by atoms with Crippen LogP contribution in [0, 0.1) is 0 Å². The Bertz CT molecular complexity index is 333. The lowest BCUT2D eigenvalue weighted by atomic mass is 10.2. The van der Waals surface area contributed by atoms with Crippen LogP contribution in [0.2, 0.25) is 0 Å². The van der Waals surface area contributed by atoms with Crippen molar-refractivity contribution in [2.45, 2.75) is 31.7 Å². The molecule has 2 rings (SSSR count). The molecule has 2 nitrogen and oxygen atoms in total. The zero-order chi connectivity index (χ0) is 11.4. The van der Waals surface area contributed by atoms with Crippen LogP contribution >= 0.6 is 27.3 Å². The predicted octanol–water partition coefficient (Wildman–Crippen LogP) is 3.53. The Morgan fingerprint density at radius 3 is 2.81 bits per heavy atom. The minimum Gasteiger partial charge on any atom is -0.335 e. The zero-order valence-electron chi connectivity index (χ0n) is 9.19. The normalized spacial score (nSPS) is 16.6. The van der Waals surface area contributed by atoms with Crippen LogP contribution in [0.1, 0.15) is 36.0 Å². The number of alkyl halides is 1. The maximum atomic E-state index is 12.3. The monoisotopic (exact) mass is 301 g/mol. The molecule has 16 heavy (non-hydrogen) atoms. The van der Waals surface area contributed by atoms with Crippen LogP contribution in [0.15, 0.2) is 16.8 Å². The van der Waals surface area contributed by atoms with Gasteiger partial charge in [0.15, 0.2) is 0 Å². The molecule has 0 aromatic carbocycles. The first kappa shape index (κ1) is 12.1. The fourth-order valence-electron chi connectivity index (χ4n) is 2.31. The van der Waals surface area contributed by atoms with Crippen molar-refractivity contribution in [1.29, 1.82) is 0 Å². The van der Waals surface area contributed by atoms with Gasteiger partial charge in [-0.1, -0.05) is 28.8 Å². The van der Waals surface area contributed by atoms with Crippen LogP contribution < -0.4 is 0 Å². The van der Waals surface area contributed by atoms with Crippen molar-refractivity contribution in [3.63, 3.8) is 0 Å². The third kappa shape index (κ3) is 2.66. The van der Waals surface area contributed by atoms with E-state index in [0.29, 0.717) is 6.04 Å². The van der Waals surface area contributed by atoms with Crippen LogP contribution in [0.5, 0.6) is 0 Å². The lowest BCUT2D eigenvalue weighted by molar-refractivity contribution is 0.0697. The first-order valence-electron chi connectivity index (χ1n) is 5.72. The van der Waals surface area contributed by atoms with Gasteiger partial charge in [-0.15, -0.1) is 0 Å². The van der Waals surface area contributed by atoms with Crippen LogP contribution in [0.4, 0.5) is 0 Å². The molecular formula is C12H16BrNOS.